The molecule has 0 unspecified atom stereocenters. The van der Waals surface area contributed by atoms with Crippen molar-refractivity contribution in [1.82, 2.24) is 10.2 Å². The topological polar surface area (TPSA) is 54.7 Å². The van der Waals surface area contributed by atoms with Crippen LogP contribution in [-0.4, -0.2) is 42.6 Å². The van der Waals surface area contributed by atoms with Crippen LogP contribution in [0.25, 0.3) is 0 Å². The summed E-state index contributed by atoms with van der Waals surface area (Å²) in [5.74, 6) is 1.92. The lowest BCUT2D eigenvalue weighted by Crippen LogP contribution is -2.52. The van der Waals surface area contributed by atoms with Gasteiger partial charge in [-0.15, -0.1) is 0 Å². The molecule has 1 N–H and O–H groups in total. The number of ether oxygens (including phenoxy) is 1. The van der Waals surface area contributed by atoms with Crippen molar-refractivity contribution < 1.29 is 13.9 Å². The lowest BCUT2D eigenvalue weighted by molar-refractivity contribution is -0.129. The standard InChI is InChI=1S/C17H24N2O3/c20-17(18-9-12-3-4-12)13-8-16-15(5-7-22-16)19(10-13)11-14-2-1-6-21-14/h1-2,6,12-13,15-16H,3-5,7-11H2,(H,18,20)/t13-,15+,16+/m1/s1. The van der Waals surface area contributed by atoms with Crippen LogP contribution in [0.1, 0.15) is 31.4 Å². The molecule has 1 aromatic heterocycles. The van der Waals surface area contributed by atoms with Gasteiger partial charge in [0.15, 0.2) is 0 Å². The van der Waals surface area contributed by atoms with Gasteiger partial charge in [-0.2, -0.15) is 0 Å². The first-order valence-corrected chi connectivity index (χ1v) is 8.45. The van der Waals surface area contributed by atoms with Gasteiger partial charge in [0, 0.05) is 25.7 Å². The Hall–Kier alpha value is -1.33. The molecule has 1 aromatic rings. The van der Waals surface area contributed by atoms with Crippen LogP contribution in [0.3, 0.4) is 0 Å². The van der Waals surface area contributed by atoms with Crippen molar-refractivity contribution >= 4 is 5.91 Å². The SMILES string of the molecule is O=C(NCC1CC1)[C@@H]1C[C@@H]2OCC[C@@H]2N(Cc2ccco2)C1. The molecular formula is C17H24N2O3. The molecule has 5 heteroatoms. The van der Waals surface area contributed by atoms with Crippen molar-refractivity contribution in [2.75, 3.05) is 19.7 Å². The number of rotatable bonds is 5. The highest BCUT2D eigenvalue weighted by Gasteiger charge is 2.42. The molecular weight excluding hydrogens is 280 g/mol. The van der Waals surface area contributed by atoms with Gasteiger partial charge in [0.05, 0.1) is 24.8 Å². The highest BCUT2D eigenvalue weighted by molar-refractivity contribution is 5.79. The molecule has 0 bridgehead atoms. The molecule has 22 heavy (non-hydrogen) atoms. The van der Waals surface area contributed by atoms with E-state index in [1.165, 1.54) is 12.8 Å². The highest BCUT2D eigenvalue weighted by Crippen LogP contribution is 2.33. The fourth-order valence-electron chi connectivity index (χ4n) is 3.74. The van der Waals surface area contributed by atoms with Crippen LogP contribution in [0.2, 0.25) is 0 Å². The maximum atomic E-state index is 12.5. The third kappa shape index (κ3) is 3.06. The average molecular weight is 304 g/mol. The summed E-state index contributed by atoms with van der Waals surface area (Å²) < 4.78 is 11.4. The molecule has 1 saturated carbocycles. The van der Waals surface area contributed by atoms with Crippen molar-refractivity contribution in [3.05, 3.63) is 24.2 Å². The fourth-order valence-corrected chi connectivity index (χ4v) is 3.74. The lowest BCUT2D eigenvalue weighted by atomic mass is 9.89. The number of carbonyl (C=O) groups is 1. The molecule has 3 atom stereocenters. The Balaban J connectivity index is 1.41. The maximum absolute atomic E-state index is 12.5. The number of nitrogens with zero attached hydrogens (tertiary/aromatic N) is 1. The van der Waals surface area contributed by atoms with Crippen molar-refractivity contribution in [2.45, 2.75) is 44.4 Å². The lowest BCUT2D eigenvalue weighted by Gasteiger charge is -2.39. The zero-order chi connectivity index (χ0) is 14.9. The van der Waals surface area contributed by atoms with E-state index in [9.17, 15) is 4.79 Å². The first-order chi connectivity index (χ1) is 10.8. The number of amides is 1. The van der Waals surface area contributed by atoms with Gasteiger partial charge in [0.2, 0.25) is 5.91 Å². The van der Waals surface area contributed by atoms with Crippen LogP contribution in [-0.2, 0) is 16.1 Å². The zero-order valence-electron chi connectivity index (χ0n) is 12.9. The van der Waals surface area contributed by atoms with Gasteiger partial charge in [-0.3, -0.25) is 9.69 Å². The predicted molar refractivity (Wildman–Crippen MR) is 81.1 cm³/mol. The molecule has 1 amide bonds. The van der Waals surface area contributed by atoms with Crippen molar-refractivity contribution in [3.63, 3.8) is 0 Å². The molecule has 3 fully saturated rings. The molecule has 1 aliphatic carbocycles. The number of hydrogen-bond donors (Lipinski definition) is 1. The molecule has 0 radical (unpaired) electrons. The number of piperidine rings is 1. The monoisotopic (exact) mass is 304 g/mol. The van der Waals surface area contributed by atoms with Crippen LogP contribution in [0.15, 0.2) is 22.8 Å². The summed E-state index contributed by atoms with van der Waals surface area (Å²) in [5, 5.41) is 3.13. The minimum absolute atomic E-state index is 0.0352. The van der Waals surface area contributed by atoms with Gasteiger partial charge in [-0.25, -0.2) is 0 Å². The predicted octanol–water partition coefficient (Wildman–Crippen LogP) is 1.79. The Kier molecular flexibility index (Phi) is 3.92. The van der Waals surface area contributed by atoms with Crippen LogP contribution in [0.4, 0.5) is 0 Å². The average Bonchev–Trinajstić information content (AvgIpc) is 3.00. The van der Waals surface area contributed by atoms with E-state index in [1.54, 1.807) is 6.26 Å². The van der Waals surface area contributed by atoms with E-state index in [-0.39, 0.29) is 17.9 Å². The van der Waals surface area contributed by atoms with E-state index in [0.29, 0.717) is 6.04 Å². The molecule has 0 aromatic carbocycles. The van der Waals surface area contributed by atoms with Gasteiger partial charge in [0.1, 0.15) is 5.76 Å². The van der Waals surface area contributed by atoms with Gasteiger partial charge in [-0.1, -0.05) is 0 Å². The van der Waals surface area contributed by atoms with E-state index in [0.717, 1.165) is 50.8 Å². The van der Waals surface area contributed by atoms with Crippen molar-refractivity contribution in [1.29, 1.82) is 0 Å². The summed E-state index contributed by atoms with van der Waals surface area (Å²) in [5.41, 5.74) is 0. The van der Waals surface area contributed by atoms with E-state index in [2.05, 4.69) is 10.2 Å². The highest BCUT2D eigenvalue weighted by atomic mass is 16.5. The summed E-state index contributed by atoms with van der Waals surface area (Å²) in [4.78, 5) is 14.8. The normalized spacial score (nSPS) is 31.9. The number of furan rings is 1. The third-order valence-electron chi connectivity index (χ3n) is 5.19. The molecule has 0 spiro atoms. The largest absolute Gasteiger partial charge is 0.468 e. The second-order valence-electron chi connectivity index (χ2n) is 6.90. The second-order valence-corrected chi connectivity index (χ2v) is 6.90. The minimum atomic E-state index is 0.0352. The summed E-state index contributed by atoms with van der Waals surface area (Å²) in [6.45, 7) is 3.23. The first kappa shape index (κ1) is 14.3. The summed E-state index contributed by atoms with van der Waals surface area (Å²) in [6.07, 6.45) is 6.35. The number of likely N-dealkylation sites (tertiary alicyclic amines) is 1. The van der Waals surface area contributed by atoms with E-state index < -0.39 is 0 Å². The Morgan fingerprint density at radius 3 is 3.05 bits per heavy atom. The van der Waals surface area contributed by atoms with Crippen LogP contribution < -0.4 is 5.32 Å². The number of nitrogens with one attached hydrogen (secondary N) is 1. The zero-order valence-corrected chi connectivity index (χ0v) is 12.9. The first-order valence-electron chi connectivity index (χ1n) is 8.45. The molecule has 3 heterocycles. The van der Waals surface area contributed by atoms with Crippen LogP contribution in [0, 0.1) is 11.8 Å². The Morgan fingerprint density at radius 2 is 2.27 bits per heavy atom. The Labute approximate surface area is 131 Å². The van der Waals surface area contributed by atoms with Crippen LogP contribution >= 0.6 is 0 Å². The third-order valence-corrected chi connectivity index (χ3v) is 5.19. The van der Waals surface area contributed by atoms with E-state index in [1.807, 2.05) is 12.1 Å². The second kappa shape index (κ2) is 6.05. The molecule has 5 nitrogen and oxygen atoms in total. The molecule has 120 valence electrons. The maximum Gasteiger partial charge on any atom is 0.224 e. The quantitative estimate of drug-likeness (QED) is 0.901. The van der Waals surface area contributed by atoms with Gasteiger partial charge in [-0.05, 0) is 43.7 Å². The molecule has 2 saturated heterocycles. The summed E-state index contributed by atoms with van der Waals surface area (Å²) in [7, 11) is 0. The van der Waals surface area contributed by atoms with E-state index in [4.69, 9.17) is 9.15 Å². The van der Waals surface area contributed by atoms with Gasteiger partial charge >= 0.3 is 0 Å². The molecule has 4 rings (SSSR count). The molecule has 3 aliphatic rings. The van der Waals surface area contributed by atoms with Crippen molar-refractivity contribution in [2.24, 2.45) is 11.8 Å². The molecule has 2 aliphatic heterocycles. The van der Waals surface area contributed by atoms with Crippen LogP contribution in [0.5, 0.6) is 0 Å². The number of hydrogen-bond acceptors (Lipinski definition) is 4. The van der Waals surface area contributed by atoms with E-state index >= 15 is 0 Å². The summed E-state index contributed by atoms with van der Waals surface area (Å²) in [6, 6.07) is 4.35. The Morgan fingerprint density at radius 1 is 1.36 bits per heavy atom. The van der Waals surface area contributed by atoms with Gasteiger partial charge < -0.3 is 14.5 Å². The van der Waals surface area contributed by atoms with Gasteiger partial charge in [0.25, 0.3) is 0 Å². The fraction of sp³-hybridized carbons (Fsp3) is 0.706. The Bertz CT molecular complexity index is 512. The smallest absolute Gasteiger partial charge is 0.224 e. The summed E-state index contributed by atoms with van der Waals surface area (Å²) >= 11 is 0. The van der Waals surface area contributed by atoms with Crippen molar-refractivity contribution in [3.8, 4) is 0 Å². The minimum Gasteiger partial charge on any atom is -0.468 e. The number of fused-ring (bicyclic) bond motifs is 1. The number of carbonyl (C=O) groups excluding carboxylic acids is 1.